The van der Waals surface area contributed by atoms with Gasteiger partial charge in [0.25, 0.3) is 0 Å². The predicted molar refractivity (Wildman–Crippen MR) is 118 cm³/mol. The molecule has 1 aliphatic heterocycles. The lowest BCUT2D eigenvalue weighted by molar-refractivity contribution is -0.115. The van der Waals surface area contributed by atoms with E-state index in [-0.39, 0.29) is 24.7 Å². The molecule has 9 heteroatoms. The average Bonchev–Trinajstić information content (AvgIpc) is 3.30. The first-order chi connectivity index (χ1) is 13.6. The molecule has 7 nitrogen and oxygen atoms in total. The number of hydrogen-bond acceptors (Lipinski definition) is 6. The molecular formula is C20H25ClN6OS. The van der Waals surface area contributed by atoms with Crippen molar-refractivity contribution in [3.8, 4) is 10.6 Å². The molecule has 1 aliphatic rings. The largest absolute Gasteiger partial charge is 0.317 e. The summed E-state index contributed by atoms with van der Waals surface area (Å²) in [4.78, 5) is 21.6. The number of carbonyl (C=O) groups is 1. The van der Waals surface area contributed by atoms with Crippen LogP contribution in [0.2, 0.25) is 0 Å². The van der Waals surface area contributed by atoms with Crippen molar-refractivity contribution >= 4 is 35.6 Å². The molecule has 1 amide bonds. The van der Waals surface area contributed by atoms with Crippen LogP contribution in [0.15, 0.2) is 29.6 Å². The Morgan fingerprint density at radius 1 is 1.24 bits per heavy atom. The minimum Gasteiger partial charge on any atom is -0.317 e. The third kappa shape index (κ3) is 5.20. The summed E-state index contributed by atoms with van der Waals surface area (Å²) in [6.07, 6.45) is 2.27. The van der Waals surface area contributed by atoms with Crippen molar-refractivity contribution in [3.63, 3.8) is 0 Å². The van der Waals surface area contributed by atoms with Crippen LogP contribution in [0.3, 0.4) is 0 Å². The van der Waals surface area contributed by atoms with Crippen LogP contribution in [0, 0.1) is 6.92 Å². The molecule has 0 radical (unpaired) electrons. The molecule has 0 saturated carbocycles. The van der Waals surface area contributed by atoms with E-state index in [0.29, 0.717) is 11.9 Å². The third-order valence-electron chi connectivity index (χ3n) is 4.93. The number of piperidine rings is 1. The Bertz CT molecular complexity index is 962. The zero-order valence-corrected chi connectivity index (χ0v) is 18.1. The first kappa shape index (κ1) is 21.4. The van der Waals surface area contributed by atoms with Crippen molar-refractivity contribution in [1.82, 2.24) is 25.1 Å². The molecule has 0 spiro atoms. The van der Waals surface area contributed by atoms with E-state index in [1.165, 1.54) is 5.56 Å². The second-order valence-corrected chi connectivity index (χ2v) is 8.03. The lowest BCUT2D eigenvalue weighted by Gasteiger charge is -2.19. The summed E-state index contributed by atoms with van der Waals surface area (Å²) in [5.41, 5.74) is 3.05. The van der Waals surface area contributed by atoms with Gasteiger partial charge >= 0.3 is 0 Å². The molecule has 29 heavy (non-hydrogen) atoms. The molecule has 0 bridgehead atoms. The highest BCUT2D eigenvalue weighted by Crippen LogP contribution is 2.25. The quantitative estimate of drug-likeness (QED) is 0.646. The van der Waals surface area contributed by atoms with Crippen molar-refractivity contribution in [2.45, 2.75) is 32.1 Å². The van der Waals surface area contributed by atoms with E-state index >= 15 is 0 Å². The Labute approximate surface area is 180 Å². The fourth-order valence-corrected chi connectivity index (χ4v) is 4.14. The number of nitrogens with one attached hydrogen (secondary N) is 2. The Hall–Kier alpha value is -2.29. The summed E-state index contributed by atoms with van der Waals surface area (Å²) in [6, 6.07) is 8.24. The van der Waals surface area contributed by atoms with Crippen LogP contribution in [0.1, 0.15) is 35.8 Å². The van der Waals surface area contributed by atoms with Crippen LogP contribution in [0.5, 0.6) is 0 Å². The van der Waals surface area contributed by atoms with Crippen LogP contribution in [-0.4, -0.2) is 38.7 Å². The fourth-order valence-electron chi connectivity index (χ4n) is 3.32. The molecule has 4 rings (SSSR count). The van der Waals surface area contributed by atoms with Gasteiger partial charge < -0.3 is 5.32 Å². The SMILES string of the molecule is Cc1ccc(-c2nc(CC(=O)Nc3nc(C4CCNCC4)nn3C)cs2)cc1.Cl. The van der Waals surface area contributed by atoms with E-state index in [0.717, 1.165) is 48.0 Å². The van der Waals surface area contributed by atoms with E-state index in [1.807, 2.05) is 12.4 Å². The molecule has 1 fully saturated rings. The molecule has 1 saturated heterocycles. The molecular weight excluding hydrogens is 408 g/mol. The van der Waals surface area contributed by atoms with Crippen LogP contribution in [0.4, 0.5) is 5.95 Å². The number of nitrogens with zero attached hydrogens (tertiary/aromatic N) is 4. The van der Waals surface area contributed by atoms with Gasteiger partial charge in [-0.1, -0.05) is 29.8 Å². The minimum absolute atomic E-state index is 0. The summed E-state index contributed by atoms with van der Waals surface area (Å²) in [5, 5.41) is 13.6. The maximum absolute atomic E-state index is 12.5. The van der Waals surface area contributed by atoms with Crippen LogP contribution < -0.4 is 10.6 Å². The van der Waals surface area contributed by atoms with Crippen molar-refractivity contribution < 1.29 is 4.79 Å². The topological polar surface area (TPSA) is 84.7 Å². The van der Waals surface area contributed by atoms with Gasteiger partial charge in [-0.25, -0.2) is 9.67 Å². The number of anilines is 1. The van der Waals surface area contributed by atoms with Crippen molar-refractivity contribution in [2.75, 3.05) is 18.4 Å². The molecule has 0 aliphatic carbocycles. The summed E-state index contributed by atoms with van der Waals surface area (Å²) >= 11 is 1.55. The fraction of sp³-hybridized carbons (Fsp3) is 0.400. The van der Waals surface area contributed by atoms with Gasteiger partial charge in [-0.3, -0.25) is 10.1 Å². The van der Waals surface area contributed by atoms with Gasteiger partial charge in [0.05, 0.1) is 12.1 Å². The van der Waals surface area contributed by atoms with Crippen molar-refractivity contribution in [2.24, 2.45) is 7.05 Å². The molecule has 154 valence electrons. The van der Waals surface area contributed by atoms with E-state index < -0.39 is 0 Å². The van der Waals surface area contributed by atoms with Gasteiger partial charge in [0.2, 0.25) is 11.9 Å². The van der Waals surface area contributed by atoms with Gasteiger partial charge in [0.1, 0.15) is 5.01 Å². The Morgan fingerprint density at radius 2 is 1.97 bits per heavy atom. The Balaban J connectivity index is 0.00000240. The maximum atomic E-state index is 12.5. The van der Waals surface area contributed by atoms with E-state index in [2.05, 4.69) is 56.9 Å². The number of halogens is 1. The minimum atomic E-state index is -0.131. The molecule has 2 N–H and O–H groups in total. The summed E-state index contributed by atoms with van der Waals surface area (Å²) in [6.45, 7) is 4.03. The first-order valence-electron chi connectivity index (χ1n) is 9.51. The molecule has 3 aromatic rings. The van der Waals surface area contributed by atoms with Gasteiger partial charge in [0, 0.05) is 23.9 Å². The smallest absolute Gasteiger partial charge is 0.232 e. The van der Waals surface area contributed by atoms with Gasteiger partial charge in [-0.05, 0) is 32.9 Å². The van der Waals surface area contributed by atoms with E-state index in [9.17, 15) is 4.79 Å². The molecule has 1 aromatic carbocycles. The monoisotopic (exact) mass is 432 g/mol. The summed E-state index contributed by atoms with van der Waals surface area (Å²) in [7, 11) is 1.81. The second kappa shape index (κ2) is 9.47. The van der Waals surface area contributed by atoms with Gasteiger partial charge in [0.15, 0.2) is 5.82 Å². The number of benzene rings is 1. The molecule has 0 unspecified atom stereocenters. The highest BCUT2D eigenvalue weighted by molar-refractivity contribution is 7.13. The highest BCUT2D eigenvalue weighted by atomic mass is 35.5. The maximum Gasteiger partial charge on any atom is 0.232 e. The average molecular weight is 433 g/mol. The molecule has 2 aromatic heterocycles. The van der Waals surface area contributed by atoms with Crippen LogP contribution in [0.25, 0.3) is 10.6 Å². The van der Waals surface area contributed by atoms with E-state index in [1.54, 1.807) is 16.0 Å². The van der Waals surface area contributed by atoms with Crippen LogP contribution >= 0.6 is 23.7 Å². The number of amides is 1. The number of rotatable bonds is 5. The number of thiazole rings is 1. The summed E-state index contributed by atoms with van der Waals surface area (Å²) in [5.74, 6) is 1.53. The molecule has 3 heterocycles. The van der Waals surface area contributed by atoms with Crippen LogP contribution in [-0.2, 0) is 18.3 Å². The first-order valence-corrected chi connectivity index (χ1v) is 10.4. The summed E-state index contributed by atoms with van der Waals surface area (Å²) < 4.78 is 1.65. The van der Waals surface area contributed by atoms with Crippen molar-refractivity contribution in [1.29, 1.82) is 0 Å². The standard InChI is InChI=1S/C20H24N6OS.ClH/c1-13-3-5-15(6-4-13)19-22-16(12-28-19)11-17(27)23-20-24-18(25-26(20)2)14-7-9-21-10-8-14;/h3-6,12,14,21H,7-11H2,1-2H3,(H,23,24,25,27);1H. The number of aromatic nitrogens is 4. The zero-order valence-electron chi connectivity index (χ0n) is 16.5. The molecule has 0 atom stereocenters. The third-order valence-corrected chi connectivity index (χ3v) is 5.87. The zero-order chi connectivity index (χ0) is 19.5. The van der Waals surface area contributed by atoms with Gasteiger partial charge in [-0.2, -0.15) is 10.1 Å². The number of aryl methyl sites for hydroxylation is 2. The predicted octanol–water partition coefficient (Wildman–Crippen LogP) is 3.32. The van der Waals surface area contributed by atoms with Crippen molar-refractivity contribution in [3.05, 3.63) is 46.7 Å². The Morgan fingerprint density at radius 3 is 2.69 bits per heavy atom. The van der Waals surface area contributed by atoms with E-state index in [4.69, 9.17) is 0 Å². The normalized spacial score (nSPS) is 14.4. The van der Waals surface area contributed by atoms with Gasteiger partial charge in [-0.15, -0.1) is 23.7 Å². The lowest BCUT2D eigenvalue weighted by atomic mass is 9.98. The number of hydrogen-bond donors (Lipinski definition) is 2. The lowest BCUT2D eigenvalue weighted by Crippen LogP contribution is -2.27. The second-order valence-electron chi connectivity index (χ2n) is 7.18. The highest BCUT2D eigenvalue weighted by Gasteiger charge is 2.21. The number of carbonyl (C=O) groups excluding carboxylic acids is 1. The Kier molecular flexibility index (Phi) is 7.00.